The Balaban J connectivity index is 2.78. The van der Waals surface area contributed by atoms with Crippen molar-refractivity contribution >= 4 is 10.0 Å². The Bertz CT molecular complexity index is 563. The van der Waals surface area contributed by atoms with E-state index in [1.54, 1.807) is 12.1 Å². The molecule has 0 amide bonds. The van der Waals surface area contributed by atoms with Crippen molar-refractivity contribution in [3.63, 3.8) is 0 Å². The average molecular weight is 327 g/mol. The summed E-state index contributed by atoms with van der Waals surface area (Å²) in [5.41, 5.74) is 1.06. The van der Waals surface area contributed by atoms with Crippen LogP contribution in [-0.4, -0.2) is 40.5 Å². The highest BCUT2D eigenvalue weighted by atomic mass is 32.2. The van der Waals surface area contributed by atoms with Crippen molar-refractivity contribution in [2.45, 2.75) is 44.9 Å². The van der Waals surface area contributed by atoms with Crippen LogP contribution in [0.3, 0.4) is 0 Å². The zero-order valence-electron chi connectivity index (χ0n) is 14.7. The van der Waals surface area contributed by atoms with Gasteiger partial charge in [0.05, 0.1) is 4.90 Å². The highest BCUT2D eigenvalue weighted by Gasteiger charge is 2.23. The molecule has 0 unspecified atom stereocenters. The van der Waals surface area contributed by atoms with Gasteiger partial charge in [-0.15, -0.1) is 0 Å². The summed E-state index contributed by atoms with van der Waals surface area (Å²) in [4.78, 5) is 2.40. The molecule has 0 aliphatic heterocycles. The second kappa shape index (κ2) is 7.57. The first-order valence-corrected chi connectivity index (χ1v) is 9.30. The molecule has 0 aromatic heterocycles. The van der Waals surface area contributed by atoms with Gasteiger partial charge in [0.25, 0.3) is 0 Å². The molecule has 0 fully saturated rings. The fraction of sp³-hybridized carbons (Fsp3) is 0.647. The van der Waals surface area contributed by atoms with E-state index in [1.807, 2.05) is 26.2 Å². The molecule has 126 valence electrons. The van der Waals surface area contributed by atoms with E-state index in [4.69, 9.17) is 0 Å². The van der Waals surface area contributed by atoms with Gasteiger partial charge in [0.2, 0.25) is 10.0 Å². The molecular formula is C17H30N2O2S. The molecule has 1 atom stereocenters. The lowest BCUT2D eigenvalue weighted by Gasteiger charge is -2.28. The topological polar surface area (TPSA) is 49.4 Å². The second-order valence-electron chi connectivity index (χ2n) is 7.10. The van der Waals surface area contributed by atoms with Crippen LogP contribution in [0.15, 0.2) is 29.2 Å². The number of rotatable bonds is 8. The third-order valence-corrected chi connectivity index (χ3v) is 5.27. The number of hydrogen-bond acceptors (Lipinski definition) is 3. The molecule has 0 aliphatic carbocycles. The lowest BCUT2D eigenvalue weighted by atomic mass is 9.93. The van der Waals surface area contributed by atoms with E-state index < -0.39 is 10.0 Å². The maximum atomic E-state index is 12.4. The Labute approximate surface area is 136 Å². The van der Waals surface area contributed by atoms with Crippen molar-refractivity contribution < 1.29 is 8.42 Å². The maximum Gasteiger partial charge on any atom is 0.240 e. The Morgan fingerprint density at radius 2 is 1.73 bits per heavy atom. The number of sulfonamides is 1. The van der Waals surface area contributed by atoms with Gasteiger partial charge in [0.1, 0.15) is 0 Å². The van der Waals surface area contributed by atoms with Crippen LogP contribution in [0.2, 0.25) is 0 Å². The van der Waals surface area contributed by atoms with E-state index in [-0.39, 0.29) is 5.41 Å². The second-order valence-corrected chi connectivity index (χ2v) is 8.87. The summed E-state index contributed by atoms with van der Waals surface area (Å²) >= 11 is 0. The summed E-state index contributed by atoms with van der Waals surface area (Å²) in [5.74, 6) is 0.448. The molecular weight excluding hydrogens is 296 g/mol. The number of nitrogens with zero attached hydrogens (tertiary/aromatic N) is 1. The van der Waals surface area contributed by atoms with Gasteiger partial charge < -0.3 is 4.90 Å². The van der Waals surface area contributed by atoms with E-state index in [0.29, 0.717) is 17.4 Å². The Morgan fingerprint density at radius 3 is 2.18 bits per heavy atom. The van der Waals surface area contributed by atoms with Crippen LogP contribution < -0.4 is 4.72 Å². The zero-order valence-corrected chi connectivity index (χ0v) is 15.5. The van der Waals surface area contributed by atoms with Crippen LogP contribution in [0.5, 0.6) is 0 Å². The summed E-state index contributed by atoms with van der Waals surface area (Å²) in [6, 6.07) is 7.22. The quantitative estimate of drug-likeness (QED) is 0.799. The molecule has 5 heteroatoms. The number of nitrogens with one attached hydrogen (secondary N) is 1. The Hall–Kier alpha value is -0.910. The van der Waals surface area contributed by atoms with Crippen LogP contribution in [0, 0.1) is 5.41 Å². The molecule has 1 aromatic rings. The van der Waals surface area contributed by atoms with Crippen LogP contribution in [0.1, 0.15) is 45.6 Å². The fourth-order valence-corrected chi connectivity index (χ4v) is 3.74. The SMILES string of the molecule is CC[C@@H](C)c1ccc(S(=O)(=O)NCC(C)(C)CN(C)C)cc1. The van der Waals surface area contributed by atoms with Gasteiger partial charge >= 0.3 is 0 Å². The molecule has 0 saturated heterocycles. The lowest BCUT2D eigenvalue weighted by molar-refractivity contribution is 0.242. The Morgan fingerprint density at radius 1 is 1.18 bits per heavy atom. The van der Waals surface area contributed by atoms with E-state index in [1.165, 1.54) is 5.56 Å². The standard InChI is InChI=1S/C17H30N2O2S/c1-7-14(2)15-8-10-16(11-9-15)22(20,21)18-12-17(3,4)13-19(5)6/h8-11,14,18H,7,12-13H2,1-6H3/t14-/m1/s1. The minimum absolute atomic E-state index is 0.118. The van der Waals surface area contributed by atoms with Gasteiger partial charge in [-0.2, -0.15) is 0 Å². The number of benzene rings is 1. The summed E-state index contributed by atoms with van der Waals surface area (Å²) in [6.45, 7) is 9.63. The van der Waals surface area contributed by atoms with Crippen LogP contribution in [-0.2, 0) is 10.0 Å². The zero-order chi connectivity index (χ0) is 17.0. The van der Waals surface area contributed by atoms with Crippen molar-refractivity contribution in [1.29, 1.82) is 0 Å². The van der Waals surface area contributed by atoms with Gasteiger partial charge in [0.15, 0.2) is 0 Å². The van der Waals surface area contributed by atoms with Crippen LogP contribution >= 0.6 is 0 Å². The maximum absolute atomic E-state index is 12.4. The molecule has 1 N–H and O–H groups in total. The third kappa shape index (κ3) is 5.71. The lowest BCUT2D eigenvalue weighted by Crippen LogP contribution is -2.39. The van der Waals surface area contributed by atoms with Crippen molar-refractivity contribution in [3.8, 4) is 0 Å². The van der Waals surface area contributed by atoms with E-state index >= 15 is 0 Å². The normalized spacial score (nSPS) is 14.3. The molecule has 0 aliphatic rings. The monoisotopic (exact) mass is 326 g/mol. The first-order chi connectivity index (χ1) is 10.1. The molecule has 1 aromatic carbocycles. The van der Waals surface area contributed by atoms with Crippen molar-refractivity contribution in [2.24, 2.45) is 5.41 Å². The predicted octanol–water partition coefficient (Wildman–Crippen LogP) is 3.07. The summed E-state index contributed by atoms with van der Waals surface area (Å²) < 4.78 is 27.5. The molecule has 0 saturated carbocycles. The predicted molar refractivity (Wildman–Crippen MR) is 92.7 cm³/mol. The molecule has 0 heterocycles. The van der Waals surface area contributed by atoms with Gasteiger partial charge in [-0.1, -0.05) is 39.8 Å². The van der Waals surface area contributed by atoms with Crippen molar-refractivity contribution in [2.75, 3.05) is 27.2 Å². The summed E-state index contributed by atoms with van der Waals surface area (Å²) in [7, 11) is 0.533. The average Bonchev–Trinajstić information content (AvgIpc) is 2.43. The molecule has 1 rings (SSSR count). The number of hydrogen-bond donors (Lipinski definition) is 1. The van der Waals surface area contributed by atoms with Gasteiger partial charge in [-0.3, -0.25) is 0 Å². The minimum Gasteiger partial charge on any atom is -0.309 e. The molecule has 4 nitrogen and oxygen atoms in total. The van der Waals surface area contributed by atoms with E-state index in [0.717, 1.165) is 13.0 Å². The molecule has 0 radical (unpaired) electrons. The smallest absolute Gasteiger partial charge is 0.240 e. The van der Waals surface area contributed by atoms with Crippen LogP contribution in [0.25, 0.3) is 0 Å². The van der Waals surface area contributed by atoms with Gasteiger partial charge in [0, 0.05) is 13.1 Å². The molecule has 22 heavy (non-hydrogen) atoms. The highest BCUT2D eigenvalue weighted by Crippen LogP contribution is 2.21. The van der Waals surface area contributed by atoms with Gasteiger partial charge in [-0.05, 0) is 49.5 Å². The molecule has 0 spiro atoms. The van der Waals surface area contributed by atoms with E-state index in [2.05, 4.69) is 37.3 Å². The fourth-order valence-electron chi connectivity index (χ4n) is 2.50. The van der Waals surface area contributed by atoms with E-state index in [9.17, 15) is 8.42 Å². The minimum atomic E-state index is -3.45. The van der Waals surface area contributed by atoms with Crippen LogP contribution in [0.4, 0.5) is 0 Å². The largest absolute Gasteiger partial charge is 0.309 e. The first kappa shape index (κ1) is 19.1. The Kier molecular flexibility index (Phi) is 6.59. The first-order valence-electron chi connectivity index (χ1n) is 7.82. The molecule has 0 bridgehead atoms. The third-order valence-electron chi connectivity index (χ3n) is 3.86. The van der Waals surface area contributed by atoms with Crippen molar-refractivity contribution in [1.82, 2.24) is 9.62 Å². The highest BCUT2D eigenvalue weighted by molar-refractivity contribution is 7.89. The van der Waals surface area contributed by atoms with Crippen molar-refractivity contribution in [3.05, 3.63) is 29.8 Å². The van der Waals surface area contributed by atoms with Gasteiger partial charge in [-0.25, -0.2) is 13.1 Å². The summed E-state index contributed by atoms with van der Waals surface area (Å²) in [6.07, 6.45) is 1.04. The summed E-state index contributed by atoms with van der Waals surface area (Å²) in [5, 5.41) is 0.